The molecule has 1 aromatic rings. The van der Waals surface area contributed by atoms with Gasteiger partial charge in [0.1, 0.15) is 6.29 Å². The zero-order valence-corrected chi connectivity index (χ0v) is 13.6. The fraction of sp³-hybridized carbons (Fsp3) is 0.611. The second kappa shape index (κ2) is 7.19. The summed E-state index contributed by atoms with van der Waals surface area (Å²) >= 11 is 0. The van der Waals surface area contributed by atoms with Crippen molar-refractivity contribution < 1.29 is 4.79 Å². The van der Waals surface area contributed by atoms with Crippen LogP contribution in [0.4, 0.5) is 0 Å². The molecule has 1 aliphatic heterocycles. The van der Waals surface area contributed by atoms with Gasteiger partial charge in [-0.15, -0.1) is 0 Å². The summed E-state index contributed by atoms with van der Waals surface area (Å²) < 4.78 is 0. The summed E-state index contributed by atoms with van der Waals surface area (Å²) in [5.74, 6) is 0. The van der Waals surface area contributed by atoms with Gasteiger partial charge in [-0.1, -0.05) is 37.3 Å². The summed E-state index contributed by atoms with van der Waals surface area (Å²) in [4.78, 5) is 16.7. The first-order valence-corrected chi connectivity index (χ1v) is 8.03. The molecule has 21 heavy (non-hydrogen) atoms. The molecule has 1 heterocycles. The van der Waals surface area contributed by atoms with E-state index in [0.717, 1.165) is 44.4 Å². The Morgan fingerprint density at radius 1 is 1.29 bits per heavy atom. The number of benzene rings is 1. The van der Waals surface area contributed by atoms with Crippen molar-refractivity contribution in [2.45, 2.75) is 38.1 Å². The Kier molecular flexibility index (Phi) is 5.54. The van der Waals surface area contributed by atoms with Crippen LogP contribution in [0.2, 0.25) is 0 Å². The number of carbonyl (C=O) groups excluding carboxylic acids is 1. The van der Waals surface area contributed by atoms with Crippen LogP contribution >= 0.6 is 0 Å². The van der Waals surface area contributed by atoms with Crippen molar-refractivity contribution in [1.82, 2.24) is 9.80 Å². The molecule has 2 unspecified atom stereocenters. The zero-order chi connectivity index (χ0) is 15.3. The summed E-state index contributed by atoms with van der Waals surface area (Å²) in [5, 5.41) is 0. The predicted molar refractivity (Wildman–Crippen MR) is 87.6 cm³/mol. The summed E-state index contributed by atoms with van der Waals surface area (Å²) in [5.41, 5.74) is 0.699. The number of rotatable bonds is 5. The maximum atomic E-state index is 11.8. The van der Waals surface area contributed by atoms with E-state index < -0.39 is 5.41 Å². The van der Waals surface area contributed by atoms with Crippen molar-refractivity contribution in [1.29, 1.82) is 0 Å². The molecule has 1 fully saturated rings. The Morgan fingerprint density at radius 2 is 2.00 bits per heavy atom. The average molecular weight is 288 g/mol. The molecule has 2 atom stereocenters. The third kappa shape index (κ3) is 3.92. The Bertz CT molecular complexity index is 448. The largest absolute Gasteiger partial charge is 0.305 e. The smallest absolute Gasteiger partial charge is 0.131 e. The lowest BCUT2D eigenvalue weighted by atomic mass is 9.83. The molecular weight excluding hydrogens is 260 g/mol. The second-order valence-electron chi connectivity index (χ2n) is 6.55. The maximum Gasteiger partial charge on any atom is 0.131 e. The SMILES string of the molecule is CCC1CN(C)CCCN1CC(C)(C=O)c1ccccc1. The van der Waals surface area contributed by atoms with E-state index in [-0.39, 0.29) is 0 Å². The van der Waals surface area contributed by atoms with Gasteiger partial charge in [-0.05, 0) is 45.5 Å². The number of aldehydes is 1. The first-order chi connectivity index (χ1) is 10.1. The highest BCUT2D eigenvalue weighted by atomic mass is 16.1. The Morgan fingerprint density at radius 3 is 2.62 bits per heavy atom. The topological polar surface area (TPSA) is 23.6 Å². The highest BCUT2D eigenvalue weighted by Crippen LogP contribution is 2.25. The van der Waals surface area contributed by atoms with Crippen molar-refractivity contribution in [3.8, 4) is 0 Å². The van der Waals surface area contributed by atoms with Crippen molar-refractivity contribution in [3.05, 3.63) is 35.9 Å². The van der Waals surface area contributed by atoms with E-state index in [4.69, 9.17) is 0 Å². The molecule has 0 saturated carbocycles. The molecule has 3 nitrogen and oxygen atoms in total. The molecular formula is C18H28N2O. The maximum absolute atomic E-state index is 11.8. The van der Waals surface area contributed by atoms with Crippen LogP contribution < -0.4 is 0 Å². The van der Waals surface area contributed by atoms with E-state index in [9.17, 15) is 4.79 Å². The van der Waals surface area contributed by atoms with Crippen molar-refractivity contribution >= 4 is 6.29 Å². The molecule has 1 aromatic carbocycles. The molecule has 116 valence electrons. The van der Waals surface area contributed by atoms with Gasteiger partial charge in [-0.3, -0.25) is 4.90 Å². The Hall–Kier alpha value is -1.19. The van der Waals surface area contributed by atoms with Crippen LogP contribution in [0, 0.1) is 0 Å². The van der Waals surface area contributed by atoms with Gasteiger partial charge < -0.3 is 9.69 Å². The zero-order valence-electron chi connectivity index (χ0n) is 13.6. The number of hydrogen-bond donors (Lipinski definition) is 0. The van der Waals surface area contributed by atoms with Crippen LogP contribution in [0.1, 0.15) is 32.3 Å². The van der Waals surface area contributed by atoms with Gasteiger partial charge in [0.2, 0.25) is 0 Å². The van der Waals surface area contributed by atoms with Crippen LogP contribution in [0.25, 0.3) is 0 Å². The summed E-state index contributed by atoms with van der Waals surface area (Å²) in [7, 11) is 2.20. The molecule has 0 amide bonds. The van der Waals surface area contributed by atoms with Gasteiger partial charge in [0.25, 0.3) is 0 Å². The quantitative estimate of drug-likeness (QED) is 0.778. The van der Waals surface area contributed by atoms with Gasteiger partial charge in [-0.25, -0.2) is 0 Å². The molecule has 0 radical (unpaired) electrons. The Balaban J connectivity index is 2.18. The van der Waals surface area contributed by atoms with E-state index in [0.29, 0.717) is 6.04 Å². The summed E-state index contributed by atoms with van der Waals surface area (Å²) in [6, 6.07) is 10.7. The van der Waals surface area contributed by atoms with Crippen LogP contribution in [0.15, 0.2) is 30.3 Å². The molecule has 0 aliphatic carbocycles. The van der Waals surface area contributed by atoms with E-state index in [1.54, 1.807) is 0 Å². The highest BCUT2D eigenvalue weighted by Gasteiger charge is 2.32. The van der Waals surface area contributed by atoms with E-state index in [2.05, 4.69) is 42.8 Å². The first kappa shape index (κ1) is 16.2. The average Bonchev–Trinajstić information content (AvgIpc) is 2.69. The predicted octanol–water partition coefficient (Wildman–Crippen LogP) is 2.56. The highest BCUT2D eigenvalue weighted by molar-refractivity contribution is 5.68. The van der Waals surface area contributed by atoms with Crippen LogP contribution in [0.5, 0.6) is 0 Å². The minimum Gasteiger partial charge on any atom is -0.305 e. The van der Waals surface area contributed by atoms with Crippen LogP contribution in [-0.2, 0) is 10.2 Å². The second-order valence-corrected chi connectivity index (χ2v) is 6.55. The van der Waals surface area contributed by atoms with E-state index in [1.165, 1.54) is 6.42 Å². The molecule has 2 rings (SSSR count). The minimum absolute atomic E-state index is 0.419. The molecule has 0 spiro atoms. The van der Waals surface area contributed by atoms with Crippen molar-refractivity contribution in [2.24, 2.45) is 0 Å². The first-order valence-electron chi connectivity index (χ1n) is 8.03. The molecule has 0 aromatic heterocycles. The monoisotopic (exact) mass is 288 g/mol. The van der Waals surface area contributed by atoms with Gasteiger partial charge in [-0.2, -0.15) is 0 Å². The summed E-state index contributed by atoms with van der Waals surface area (Å²) in [6.07, 6.45) is 3.44. The fourth-order valence-corrected chi connectivity index (χ4v) is 3.33. The third-order valence-corrected chi connectivity index (χ3v) is 4.72. The Labute approximate surface area is 128 Å². The van der Waals surface area contributed by atoms with Crippen molar-refractivity contribution in [3.63, 3.8) is 0 Å². The summed E-state index contributed by atoms with van der Waals surface area (Å²) in [6.45, 7) is 8.45. The minimum atomic E-state index is -0.419. The molecule has 0 N–H and O–H groups in total. The number of likely N-dealkylation sites (N-methyl/N-ethyl adjacent to an activating group) is 1. The lowest BCUT2D eigenvalue weighted by Gasteiger charge is -2.36. The number of carbonyl (C=O) groups is 1. The molecule has 1 aliphatic rings. The molecule has 3 heteroatoms. The lowest BCUT2D eigenvalue weighted by molar-refractivity contribution is -0.113. The van der Waals surface area contributed by atoms with E-state index >= 15 is 0 Å². The van der Waals surface area contributed by atoms with E-state index in [1.807, 2.05) is 18.2 Å². The van der Waals surface area contributed by atoms with Gasteiger partial charge in [0.15, 0.2) is 0 Å². The lowest BCUT2D eigenvalue weighted by Crippen LogP contribution is -2.47. The molecule has 1 saturated heterocycles. The van der Waals surface area contributed by atoms with Gasteiger partial charge in [0, 0.05) is 19.1 Å². The number of nitrogens with zero attached hydrogens (tertiary/aromatic N) is 2. The van der Waals surface area contributed by atoms with Crippen LogP contribution in [-0.4, -0.2) is 55.4 Å². The van der Waals surface area contributed by atoms with Gasteiger partial charge in [0.05, 0.1) is 5.41 Å². The fourth-order valence-electron chi connectivity index (χ4n) is 3.33. The van der Waals surface area contributed by atoms with Gasteiger partial charge >= 0.3 is 0 Å². The van der Waals surface area contributed by atoms with Crippen LogP contribution in [0.3, 0.4) is 0 Å². The number of hydrogen-bond acceptors (Lipinski definition) is 3. The normalized spacial score (nSPS) is 24.2. The molecule has 0 bridgehead atoms. The standard InChI is InChI=1S/C18H28N2O/c1-4-17-13-19(3)11-8-12-20(17)14-18(2,15-21)16-9-6-5-7-10-16/h5-7,9-10,15,17H,4,8,11-14H2,1-3H3. The third-order valence-electron chi connectivity index (χ3n) is 4.72. The van der Waals surface area contributed by atoms with Crippen molar-refractivity contribution in [2.75, 3.05) is 33.2 Å².